The Morgan fingerprint density at radius 1 is 1.40 bits per heavy atom. The van der Waals surface area contributed by atoms with Crippen molar-refractivity contribution < 1.29 is 0 Å². The summed E-state index contributed by atoms with van der Waals surface area (Å²) in [4.78, 5) is 17.9. The van der Waals surface area contributed by atoms with Crippen LogP contribution < -0.4 is 10.5 Å². The minimum absolute atomic E-state index is 0.0787. The molecular weight excluding hydrogens is 258 g/mol. The molecule has 0 atom stereocenters. The summed E-state index contributed by atoms with van der Waals surface area (Å²) in [5, 5.41) is 0. The molecule has 0 unspecified atom stereocenters. The fourth-order valence-corrected chi connectivity index (χ4v) is 1.63. The maximum atomic E-state index is 11.7. The molecule has 0 aliphatic carbocycles. The van der Waals surface area contributed by atoms with Gasteiger partial charge in [0.25, 0.3) is 5.56 Å². The molecular formula is C10H10BrN3O. The molecule has 0 aliphatic heterocycles. The van der Waals surface area contributed by atoms with E-state index in [1.54, 1.807) is 12.3 Å². The predicted octanol–water partition coefficient (Wildman–Crippen LogP) is 1.52. The second kappa shape index (κ2) is 3.66. The summed E-state index contributed by atoms with van der Waals surface area (Å²) in [6.07, 6.45) is 1.71. The average molecular weight is 268 g/mol. The van der Waals surface area contributed by atoms with Crippen molar-refractivity contribution in [3.63, 3.8) is 0 Å². The summed E-state index contributed by atoms with van der Waals surface area (Å²) in [6.45, 7) is 0. The lowest BCUT2D eigenvalue weighted by Gasteiger charge is -2.11. The van der Waals surface area contributed by atoms with Gasteiger partial charge in [0, 0.05) is 30.8 Å². The first-order chi connectivity index (χ1) is 7.08. The lowest BCUT2D eigenvalue weighted by molar-refractivity contribution is 0.995. The SMILES string of the molecule is CN(C)c1cc(=O)n2cc(Br)ccc2n1. The molecule has 0 bridgehead atoms. The lowest BCUT2D eigenvalue weighted by atomic mass is 10.4. The summed E-state index contributed by atoms with van der Waals surface area (Å²) in [5.41, 5.74) is 0.569. The molecule has 4 nitrogen and oxygen atoms in total. The van der Waals surface area contributed by atoms with Gasteiger partial charge in [-0.25, -0.2) is 4.98 Å². The summed E-state index contributed by atoms with van der Waals surface area (Å²) < 4.78 is 2.37. The van der Waals surface area contributed by atoms with E-state index < -0.39 is 0 Å². The van der Waals surface area contributed by atoms with E-state index in [0.29, 0.717) is 11.5 Å². The highest BCUT2D eigenvalue weighted by molar-refractivity contribution is 9.10. The van der Waals surface area contributed by atoms with E-state index in [1.807, 2.05) is 25.1 Å². The minimum atomic E-state index is -0.0787. The van der Waals surface area contributed by atoms with Crippen molar-refractivity contribution >= 4 is 27.4 Å². The van der Waals surface area contributed by atoms with Crippen LogP contribution in [0.5, 0.6) is 0 Å². The summed E-state index contributed by atoms with van der Waals surface area (Å²) in [6, 6.07) is 5.18. The van der Waals surface area contributed by atoms with Gasteiger partial charge < -0.3 is 4.90 Å². The average Bonchev–Trinajstić information content (AvgIpc) is 2.18. The highest BCUT2D eigenvalue weighted by Gasteiger charge is 2.03. The predicted molar refractivity (Wildman–Crippen MR) is 63.5 cm³/mol. The van der Waals surface area contributed by atoms with E-state index in [0.717, 1.165) is 4.47 Å². The fraction of sp³-hybridized carbons (Fsp3) is 0.200. The highest BCUT2D eigenvalue weighted by Crippen LogP contribution is 2.11. The van der Waals surface area contributed by atoms with Gasteiger partial charge in [-0.1, -0.05) is 0 Å². The van der Waals surface area contributed by atoms with Crippen molar-refractivity contribution in [2.45, 2.75) is 0 Å². The first-order valence-electron chi connectivity index (χ1n) is 4.44. The van der Waals surface area contributed by atoms with Crippen LogP contribution in [-0.4, -0.2) is 23.5 Å². The van der Waals surface area contributed by atoms with Crippen LogP contribution in [-0.2, 0) is 0 Å². The molecule has 0 fully saturated rings. The molecule has 78 valence electrons. The zero-order valence-corrected chi connectivity index (χ0v) is 10.0. The molecule has 0 saturated carbocycles. The van der Waals surface area contributed by atoms with Gasteiger partial charge in [-0.2, -0.15) is 0 Å². The molecule has 0 saturated heterocycles. The zero-order chi connectivity index (χ0) is 11.0. The topological polar surface area (TPSA) is 37.6 Å². The third-order valence-corrected chi connectivity index (χ3v) is 2.54. The van der Waals surface area contributed by atoms with Crippen molar-refractivity contribution in [3.8, 4) is 0 Å². The quantitative estimate of drug-likeness (QED) is 0.787. The molecule has 0 aliphatic rings. The Morgan fingerprint density at radius 2 is 2.13 bits per heavy atom. The van der Waals surface area contributed by atoms with Crippen LogP contribution in [0.15, 0.2) is 33.7 Å². The van der Waals surface area contributed by atoms with Gasteiger partial charge in [-0.05, 0) is 28.1 Å². The van der Waals surface area contributed by atoms with Crippen molar-refractivity contribution in [3.05, 3.63) is 39.2 Å². The Labute approximate surface area is 95.3 Å². The Kier molecular flexibility index (Phi) is 2.48. The van der Waals surface area contributed by atoms with Crippen molar-refractivity contribution in [2.24, 2.45) is 0 Å². The maximum Gasteiger partial charge on any atom is 0.259 e. The first kappa shape index (κ1) is 10.2. The van der Waals surface area contributed by atoms with Crippen LogP contribution in [0.4, 0.5) is 5.82 Å². The molecule has 2 aromatic heterocycles. The lowest BCUT2D eigenvalue weighted by Crippen LogP contribution is -2.19. The Balaban J connectivity index is 2.79. The van der Waals surface area contributed by atoms with E-state index in [1.165, 1.54) is 10.5 Å². The van der Waals surface area contributed by atoms with Gasteiger partial charge in [-0.3, -0.25) is 9.20 Å². The number of anilines is 1. The second-order valence-corrected chi connectivity index (χ2v) is 4.34. The summed E-state index contributed by atoms with van der Waals surface area (Å²) in [7, 11) is 3.72. The van der Waals surface area contributed by atoms with Crippen LogP contribution >= 0.6 is 15.9 Å². The molecule has 15 heavy (non-hydrogen) atoms. The Bertz CT molecular complexity index is 562. The van der Waals surface area contributed by atoms with Crippen LogP contribution in [0.2, 0.25) is 0 Å². The Hall–Kier alpha value is -1.36. The number of pyridine rings is 1. The van der Waals surface area contributed by atoms with Crippen LogP contribution in [0.1, 0.15) is 0 Å². The van der Waals surface area contributed by atoms with E-state index in [9.17, 15) is 4.79 Å². The number of aromatic nitrogens is 2. The molecule has 2 aromatic rings. The van der Waals surface area contributed by atoms with Gasteiger partial charge in [0.1, 0.15) is 11.5 Å². The van der Waals surface area contributed by atoms with Crippen LogP contribution in [0.25, 0.3) is 5.65 Å². The molecule has 0 radical (unpaired) electrons. The van der Waals surface area contributed by atoms with Crippen LogP contribution in [0.3, 0.4) is 0 Å². The third kappa shape index (κ3) is 1.87. The highest BCUT2D eigenvalue weighted by atomic mass is 79.9. The molecule has 0 spiro atoms. The van der Waals surface area contributed by atoms with Crippen LogP contribution in [0, 0.1) is 0 Å². The summed E-state index contributed by atoms with van der Waals surface area (Å²) in [5.74, 6) is 0.669. The normalized spacial score (nSPS) is 10.6. The number of hydrogen-bond acceptors (Lipinski definition) is 3. The van der Waals surface area contributed by atoms with Crippen molar-refractivity contribution in [1.29, 1.82) is 0 Å². The second-order valence-electron chi connectivity index (χ2n) is 3.42. The van der Waals surface area contributed by atoms with E-state index in [4.69, 9.17) is 0 Å². The fourth-order valence-electron chi connectivity index (χ4n) is 1.29. The van der Waals surface area contributed by atoms with Gasteiger partial charge in [0.15, 0.2) is 0 Å². The molecule has 2 rings (SSSR count). The molecule has 0 N–H and O–H groups in total. The molecule has 0 amide bonds. The Morgan fingerprint density at radius 3 is 2.80 bits per heavy atom. The first-order valence-corrected chi connectivity index (χ1v) is 5.23. The van der Waals surface area contributed by atoms with Gasteiger partial charge >= 0.3 is 0 Å². The number of fused-ring (bicyclic) bond motifs is 1. The van der Waals surface area contributed by atoms with E-state index >= 15 is 0 Å². The largest absolute Gasteiger partial charge is 0.363 e. The van der Waals surface area contributed by atoms with Crippen molar-refractivity contribution in [1.82, 2.24) is 9.38 Å². The minimum Gasteiger partial charge on any atom is -0.363 e. The number of hydrogen-bond donors (Lipinski definition) is 0. The molecule has 5 heteroatoms. The van der Waals surface area contributed by atoms with Gasteiger partial charge in [-0.15, -0.1) is 0 Å². The monoisotopic (exact) mass is 267 g/mol. The van der Waals surface area contributed by atoms with E-state index in [-0.39, 0.29) is 5.56 Å². The molecule has 0 aromatic carbocycles. The maximum absolute atomic E-state index is 11.7. The van der Waals surface area contributed by atoms with E-state index in [2.05, 4.69) is 20.9 Å². The third-order valence-electron chi connectivity index (χ3n) is 2.07. The zero-order valence-electron chi connectivity index (χ0n) is 8.44. The number of halogens is 1. The number of nitrogens with zero attached hydrogens (tertiary/aromatic N) is 3. The van der Waals surface area contributed by atoms with Crippen molar-refractivity contribution in [2.75, 3.05) is 19.0 Å². The molecule has 2 heterocycles. The smallest absolute Gasteiger partial charge is 0.259 e. The summed E-state index contributed by atoms with van der Waals surface area (Å²) >= 11 is 3.32. The van der Waals surface area contributed by atoms with Gasteiger partial charge in [0.2, 0.25) is 0 Å². The standard InChI is InChI=1S/C10H10BrN3O/c1-13(2)9-5-10(15)14-6-7(11)3-4-8(14)12-9/h3-6H,1-2H3. The number of rotatable bonds is 1. The van der Waals surface area contributed by atoms with Gasteiger partial charge in [0.05, 0.1) is 0 Å².